The van der Waals surface area contributed by atoms with Crippen molar-refractivity contribution in [2.24, 2.45) is 5.92 Å². The van der Waals surface area contributed by atoms with Gasteiger partial charge in [-0.15, -0.1) is 0 Å². The van der Waals surface area contributed by atoms with Crippen LogP contribution in [0.5, 0.6) is 0 Å². The van der Waals surface area contributed by atoms with Gasteiger partial charge in [-0.25, -0.2) is 13.9 Å². The molecule has 2 N–H and O–H groups in total. The van der Waals surface area contributed by atoms with Gasteiger partial charge < -0.3 is 5.32 Å². The summed E-state index contributed by atoms with van der Waals surface area (Å²) in [5.41, 5.74) is 1.98. The molecule has 4 aromatic rings. The minimum atomic E-state index is -0.604. The Hall–Kier alpha value is -3.81. The maximum absolute atomic E-state index is 14.0. The number of amides is 1. The minimum absolute atomic E-state index is 0.0542. The van der Waals surface area contributed by atoms with Crippen LogP contribution in [0.25, 0.3) is 16.9 Å². The van der Waals surface area contributed by atoms with Crippen LogP contribution < -0.4 is 10.9 Å². The molecular formula is C22H20FN5O2. The van der Waals surface area contributed by atoms with Crippen LogP contribution in [0.2, 0.25) is 0 Å². The number of fused-ring (bicyclic) bond motifs is 1. The van der Waals surface area contributed by atoms with Crippen LogP contribution in [0.1, 0.15) is 35.9 Å². The molecule has 0 fully saturated rings. The standard InChI is InChI=1S/C22H20FN5O2/c1-13(2)21(26-22(30)15-7-3-4-8-16(15)23)18-11-20(29)28-19(25-18)10-17(27-28)14-6-5-9-24-12-14/h3-13,21,27H,1-2H3,(H,26,30). The van der Waals surface area contributed by atoms with Gasteiger partial charge in [-0.2, -0.15) is 0 Å². The highest BCUT2D eigenvalue weighted by atomic mass is 19.1. The molecule has 0 aliphatic rings. The fraction of sp³-hybridized carbons (Fsp3) is 0.182. The monoisotopic (exact) mass is 405 g/mol. The molecular weight excluding hydrogens is 385 g/mol. The van der Waals surface area contributed by atoms with Gasteiger partial charge in [0.2, 0.25) is 0 Å². The predicted molar refractivity (Wildman–Crippen MR) is 110 cm³/mol. The van der Waals surface area contributed by atoms with Gasteiger partial charge in [0.25, 0.3) is 11.5 Å². The summed E-state index contributed by atoms with van der Waals surface area (Å²) in [5, 5.41) is 5.82. The lowest BCUT2D eigenvalue weighted by Gasteiger charge is -2.22. The van der Waals surface area contributed by atoms with Crippen LogP contribution in [0.15, 0.2) is 65.7 Å². The van der Waals surface area contributed by atoms with E-state index in [1.54, 1.807) is 30.6 Å². The van der Waals surface area contributed by atoms with Gasteiger partial charge in [0.1, 0.15) is 5.82 Å². The van der Waals surface area contributed by atoms with Crippen molar-refractivity contribution in [1.82, 2.24) is 24.9 Å². The molecule has 7 nitrogen and oxygen atoms in total. The molecule has 0 saturated heterocycles. The van der Waals surface area contributed by atoms with Crippen LogP contribution in [-0.4, -0.2) is 25.5 Å². The third-order valence-electron chi connectivity index (χ3n) is 4.83. The summed E-state index contributed by atoms with van der Waals surface area (Å²) in [6.07, 6.45) is 3.35. The second kappa shape index (κ2) is 7.90. The number of hydrogen-bond donors (Lipinski definition) is 2. The van der Waals surface area contributed by atoms with E-state index in [1.165, 1.54) is 28.8 Å². The molecule has 1 unspecified atom stereocenters. The molecule has 0 spiro atoms. The molecule has 3 aromatic heterocycles. The highest BCUT2D eigenvalue weighted by Crippen LogP contribution is 2.22. The van der Waals surface area contributed by atoms with Crippen molar-refractivity contribution < 1.29 is 9.18 Å². The van der Waals surface area contributed by atoms with Crippen molar-refractivity contribution in [3.63, 3.8) is 0 Å². The average Bonchev–Trinajstić information content (AvgIpc) is 3.17. The lowest BCUT2D eigenvalue weighted by molar-refractivity contribution is 0.0920. The van der Waals surface area contributed by atoms with Crippen molar-refractivity contribution in [3.8, 4) is 11.3 Å². The summed E-state index contributed by atoms with van der Waals surface area (Å²) in [6, 6.07) is 12.0. The minimum Gasteiger partial charge on any atom is -0.343 e. The van der Waals surface area contributed by atoms with E-state index < -0.39 is 17.8 Å². The number of aromatic nitrogens is 4. The number of pyridine rings is 1. The lowest BCUT2D eigenvalue weighted by Crippen LogP contribution is -2.34. The highest BCUT2D eigenvalue weighted by Gasteiger charge is 2.23. The SMILES string of the molecule is CC(C)C(NC(=O)c1ccccc1F)c1cc(=O)n2[nH]c(-c3cccnc3)cc2n1. The van der Waals surface area contributed by atoms with Gasteiger partial charge in [-0.1, -0.05) is 26.0 Å². The number of rotatable bonds is 5. The van der Waals surface area contributed by atoms with Crippen LogP contribution in [0.3, 0.4) is 0 Å². The highest BCUT2D eigenvalue weighted by molar-refractivity contribution is 5.94. The zero-order chi connectivity index (χ0) is 21.3. The largest absolute Gasteiger partial charge is 0.343 e. The number of H-pyrrole nitrogens is 1. The van der Waals surface area contributed by atoms with E-state index in [0.29, 0.717) is 17.0 Å². The first-order valence-electron chi connectivity index (χ1n) is 9.52. The smallest absolute Gasteiger partial charge is 0.272 e. The van der Waals surface area contributed by atoms with E-state index in [4.69, 9.17) is 0 Å². The van der Waals surface area contributed by atoms with Gasteiger partial charge in [-0.3, -0.25) is 19.7 Å². The molecule has 152 valence electrons. The normalized spacial score (nSPS) is 12.3. The fourth-order valence-electron chi connectivity index (χ4n) is 3.29. The molecule has 3 heterocycles. The molecule has 1 amide bonds. The summed E-state index contributed by atoms with van der Waals surface area (Å²) >= 11 is 0. The zero-order valence-corrected chi connectivity index (χ0v) is 16.5. The number of nitrogens with one attached hydrogen (secondary N) is 2. The second-order valence-corrected chi connectivity index (χ2v) is 7.30. The van der Waals surface area contributed by atoms with E-state index in [-0.39, 0.29) is 17.0 Å². The van der Waals surface area contributed by atoms with Crippen molar-refractivity contribution in [1.29, 1.82) is 0 Å². The first kappa shape index (κ1) is 19.5. The number of hydrogen-bond acceptors (Lipinski definition) is 4. The number of nitrogens with zero attached hydrogens (tertiary/aromatic N) is 3. The van der Waals surface area contributed by atoms with Crippen LogP contribution in [-0.2, 0) is 0 Å². The molecule has 4 rings (SSSR count). The molecule has 30 heavy (non-hydrogen) atoms. The second-order valence-electron chi connectivity index (χ2n) is 7.30. The Balaban J connectivity index is 1.71. The fourth-order valence-corrected chi connectivity index (χ4v) is 3.29. The van der Waals surface area contributed by atoms with E-state index >= 15 is 0 Å². The Morgan fingerprint density at radius 1 is 1.17 bits per heavy atom. The lowest BCUT2D eigenvalue weighted by atomic mass is 10.00. The Labute approximate surface area is 171 Å². The summed E-state index contributed by atoms with van der Waals surface area (Å²) in [7, 11) is 0. The van der Waals surface area contributed by atoms with Gasteiger partial charge in [-0.05, 0) is 30.2 Å². The molecule has 8 heteroatoms. The maximum Gasteiger partial charge on any atom is 0.272 e. The Morgan fingerprint density at radius 3 is 2.67 bits per heavy atom. The summed E-state index contributed by atoms with van der Waals surface area (Å²) in [6.45, 7) is 3.79. The third kappa shape index (κ3) is 3.71. The van der Waals surface area contributed by atoms with Gasteiger partial charge >= 0.3 is 0 Å². The van der Waals surface area contributed by atoms with Crippen molar-refractivity contribution in [2.75, 3.05) is 0 Å². The Bertz CT molecular complexity index is 1260. The van der Waals surface area contributed by atoms with Crippen molar-refractivity contribution in [3.05, 3.63) is 88.4 Å². The molecule has 0 aliphatic heterocycles. The molecule has 0 bridgehead atoms. The predicted octanol–water partition coefficient (Wildman–Crippen LogP) is 3.35. The van der Waals surface area contributed by atoms with E-state index in [1.807, 2.05) is 19.9 Å². The molecule has 1 aromatic carbocycles. The number of halogens is 1. The number of benzene rings is 1. The van der Waals surface area contributed by atoms with E-state index in [0.717, 1.165) is 5.56 Å². The molecule has 0 saturated carbocycles. The molecule has 1 atom stereocenters. The van der Waals surface area contributed by atoms with Gasteiger partial charge in [0, 0.05) is 30.1 Å². The van der Waals surface area contributed by atoms with E-state index in [9.17, 15) is 14.0 Å². The molecule has 0 radical (unpaired) electrons. The van der Waals surface area contributed by atoms with E-state index in [2.05, 4.69) is 20.4 Å². The Morgan fingerprint density at radius 2 is 1.97 bits per heavy atom. The van der Waals surface area contributed by atoms with Crippen LogP contribution in [0.4, 0.5) is 4.39 Å². The van der Waals surface area contributed by atoms with Crippen molar-refractivity contribution >= 4 is 11.6 Å². The van der Waals surface area contributed by atoms with Gasteiger partial charge in [0.15, 0.2) is 5.65 Å². The maximum atomic E-state index is 14.0. The third-order valence-corrected chi connectivity index (χ3v) is 4.83. The number of aromatic amines is 1. The van der Waals surface area contributed by atoms with Crippen LogP contribution >= 0.6 is 0 Å². The zero-order valence-electron chi connectivity index (χ0n) is 16.5. The number of carbonyl (C=O) groups excluding carboxylic acids is 1. The molecule has 0 aliphatic carbocycles. The average molecular weight is 405 g/mol. The summed E-state index contributed by atoms with van der Waals surface area (Å²) < 4.78 is 15.3. The van der Waals surface area contributed by atoms with Crippen molar-refractivity contribution in [2.45, 2.75) is 19.9 Å². The van der Waals surface area contributed by atoms with Crippen LogP contribution in [0, 0.1) is 11.7 Å². The number of carbonyl (C=O) groups is 1. The first-order chi connectivity index (χ1) is 14.4. The quantitative estimate of drug-likeness (QED) is 0.533. The summed E-state index contributed by atoms with van der Waals surface area (Å²) in [5.74, 6) is -1.24. The van der Waals surface area contributed by atoms with Gasteiger partial charge in [0.05, 0.1) is 23.0 Å². The first-order valence-corrected chi connectivity index (χ1v) is 9.52. The summed E-state index contributed by atoms with van der Waals surface area (Å²) in [4.78, 5) is 34.0. The topological polar surface area (TPSA) is 92.2 Å². The Kier molecular flexibility index (Phi) is 5.14.